The molecule has 0 aliphatic rings. The maximum atomic E-state index is 12.5. The molecule has 0 radical (unpaired) electrons. The van der Waals surface area contributed by atoms with Crippen molar-refractivity contribution in [2.24, 2.45) is 0 Å². The molecule has 0 unspecified atom stereocenters. The molecule has 1 atom stereocenters. The monoisotopic (exact) mass is 345 g/mol. The van der Waals surface area contributed by atoms with Crippen molar-refractivity contribution in [3.63, 3.8) is 0 Å². The van der Waals surface area contributed by atoms with E-state index < -0.39 is 6.04 Å². The first-order chi connectivity index (χ1) is 11.5. The van der Waals surface area contributed by atoms with Gasteiger partial charge in [0.2, 0.25) is 5.91 Å². The van der Waals surface area contributed by atoms with Crippen LogP contribution in [0.4, 0.5) is 0 Å². The van der Waals surface area contributed by atoms with E-state index in [1.165, 1.54) is 0 Å². The molecule has 0 aliphatic heterocycles. The molecule has 0 bridgehead atoms. The topological polar surface area (TPSA) is 61.4 Å². The molecule has 6 heteroatoms. The molecule has 0 heterocycles. The number of nitrogens with zero attached hydrogens (tertiary/aromatic N) is 1. The Labute approximate surface area is 146 Å². The summed E-state index contributed by atoms with van der Waals surface area (Å²) in [5.74, 6) is -0.500. The quantitative estimate of drug-likeness (QED) is 0.791. The van der Waals surface area contributed by atoms with Crippen LogP contribution in [0.1, 0.15) is 28.4 Å². The summed E-state index contributed by atoms with van der Waals surface area (Å²) in [6, 6.07) is 15.7. The minimum absolute atomic E-state index is 0.123. The van der Waals surface area contributed by atoms with Gasteiger partial charge in [0, 0.05) is 14.1 Å². The number of hydrogen-bond acceptors (Lipinski definition) is 3. The second-order valence-corrected chi connectivity index (χ2v) is 5.96. The predicted octanol–water partition coefficient (Wildman–Crippen LogP) is 2.79. The average molecular weight is 346 g/mol. The minimum atomic E-state index is -0.449. The van der Waals surface area contributed by atoms with Crippen molar-refractivity contribution in [2.75, 3.05) is 14.1 Å². The summed E-state index contributed by atoms with van der Waals surface area (Å²) in [6.45, 7) is 0. The van der Waals surface area contributed by atoms with Crippen LogP contribution in [0.2, 0.25) is 5.02 Å². The summed E-state index contributed by atoms with van der Waals surface area (Å²) in [6.07, 6.45) is 0.123. The van der Waals surface area contributed by atoms with Gasteiger partial charge in [-0.25, -0.2) is 5.01 Å². The number of hydrogen-bond donors (Lipinski definition) is 2. The Bertz CT molecular complexity index is 704. The minimum Gasteiger partial charge on any atom is -0.345 e. The van der Waals surface area contributed by atoms with Gasteiger partial charge < -0.3 is 5.32 Å². The normalized spacial score (nSPS) is 11.8. The van der Waals surface area contributed by atoms with E-state index in [4.69, 9.17) is 11.6 Å². The van der Waals surface area contributed by atoms with E-state index >= 15 is 0 Å². The van der Waals surface area contributed by atoms with Crippen molar-refractivity contribution in [2.45, 2.75) is 12.5 Å². The average Bonchev–Trinajstić information content (AvgIpc) is 2.54. The van der Waals surface area contributed by atoms with Crippen molar-refractivity contribution < 1.29 is 9.59 Å². The summed E-state index contributed by atoms with van der Waals surface area (Å²) in [7, 11) is 3.47. The van der Waals surface area contributed by atoms with Crippen molar-refractivity contribution in [3.05, 3.63) is 70.7 Å². The summed E-state index contributed by atoms with van der Waals surface area (Å²) in [5, 5.41) is 4.84. The highest BCUT2D eigenvalue weighted by atomic mass is 35.5. The van der Waals surface area contributed by atoms with Gasteiger partial charge in [-0.3, -0.25) is 15.0 Å². The standard InChI is InChI=1S/C18H20ClN3O2/c1-22(2)21-17(23)12-16(13-8-4-3-5-9-13)20-18(24)14-10-6-7-11-15(14)19/h3-11,16H,12H2,1-2H3,(H,20,24)(H,21,23)/t16-/m1/s1. The second kappa shape index (κ2) is 8.47. The fourth-order valence-corrected chi connectivity index (χ4v) is 2.52. The second-order valence-electron chi connectivity index (χ2n) is 5.55. The summed E-state index contributed by atoms with van der Waals surface area (Å²) >= 11 is 6.08. The van der Waals surface area contributed by atoms with E-state index in [1.807, 2.05) is 30.3 Å². The largest absolute Gasteiger partial charge is 0.345 e. The number of hydrazine groups is 1. The molecule has 2 aromatic rings. The van der Waals surface area contributed by atoms with Crippen LogP contribution in [-0.4, -0.2) is 30.9 Å². The third kappa shape index (κ3) is 5.08. The molecule has 126 valence electrons. The Hall–Kier alpha value is -2.37. The maximum Gasteiger partial charge on any atom is 0.253 e. The van der Waals surface area contributed by atoms with E-state index in [-0.39, 0.29) is 18.2 Å². The zero-order valence-corrected chi connectivity index (χ0v) is 14.4. The Kier molecular flexibility index (Phi) is 6.35. The first-order valence-corrected chi connectivity index (χ1v) is 7.92. The molecule has 0 aromatic heterocycles. The number of carbonyl (C=O) groups is 2. The van der Waals surface area contributed by atoms with Gasteiger partial charge in [0.05, 0.1) is 23.0 Å². The molecule has 24 heavy (non-hydrogen) atoms. The molecular formula is C18H20ClN3O2. The molecular weight excluding hydrogens is 326 g/mol. The zero-order valence-electron chi connectivity index (χ0n) is 13.6. The maximum absolute atomic E-state index is 12.5. The lowest BCUT2D eigenvalue weighted by molar-refractivity contribution is -0.125. The van der Waals surface area contributed by atoms with Gasteiger partial charge in [-0.2, -0.15) is 0 Å². The third-order valence-corrected chi connectivity index (χ3v) is 3.69. The smallest absolute Gasteiger partial charge is 0.253 e. The molecule has 0 spiro atoms. The van der Waals surface area contributed by atoms with Crippen molar-refractivity contribution in [1.29, 1.82) is 0 Å². The van der Waals surface area contributed by atoms with Gasteiger partial charge in [-0.1, -0.05) is 54.1 Å². The van der Waals surface area contributed by atoms with Crippen LogP contribution in [0, 0.1) is 0 Å². The lowest BCUT2D eigenvalue weighted by Crippen LogP contribution is -2.39. The molecule has 0 aliphatic carbocycles. The van der Waals surface area contributed by atoms with Gasteiger partial charge in [0.1, 0.15) is 0 Å². The molecule has 2 rings (SSSR count). The van der Waals surface area contributed by atoms with E-state index in [1.54, 1.807) is 43.4 Å². The summed E-state index contributed by atoms with van der Waals surface area (Å²) < 4.78 is 0. The van der Waals surface area contributed by atoms with Crippen LogP contribution in [0.3, 0.4) is 0 Å². The number of rotatable bonds is 6. The predicted molar refractivity (Wildman–Crippen MR) is 94.5 cm³/mol. The first-order valence-electron chi connectivity index (χ1n) is 7.54. The lowest BCUT2D eigenvalue weighted by Gasteiger charge is -2.20. The van der Waals surface area contributed by atoms with Crippen LogP contribution in [0.5, 0.6) is 0 Å². The lowest BCUT2D eigenvalue weighted by atomic mass is 10.0. The molecule has 2 aromatic carbocycles. The number of nitrogens with one attached hydrogen (secondary N) is 2. The van der Waals surface area contributed by atoms with Crippen molar-refractivity contribution >= 4 is 23.4 Å². The van der Waals surface area contributed by atoms with Crippen LogP contribution in [0.25, 0.3) is 0 Å². The number of benzene rings is 2. The van der Waals surface area contributed by atoms with Gasteiger partial charge in [-0.05, 0) is 17.7 Å². The molecule has 0 saturated heterocycles. The SMILES string of the molecule is CN(C)NC(=O)C[C@@H](NC(=O)c1ccccc1Cl)c1ccccc1. The fraction of sp³-hybridized carbons (Fsp3) is 0.222. The van der Waals surface area contributed by atoms with E-state index in [2.05, 4.69) is 10.7 Å². The number of carbonyl (C=O) groups excluding carboxylic acids is 2. The van der Waals surface area contributed by atoms with Crippen LogP contribution >= 0.6 is 11.6 Å². The van der Waals surface area contributed by atoms with Gasteiger partial charge in [-0.15, -0.1) is 0 Å². The number of amides is 2. The van der Waals surface area contributed by atoms with Crippen LogP contribution in [-0.2, 0) is 4.79 Å². The highest BCUT2D eigenvalue weighted by molar-refractivity contribution is 6.33. The third-order valence-electron chi connectivity index (χ3n) is 3.36. The first kappa shape index (κ1) is 18.0. The van der Waals surface area contributed by atoms with Gasteiger partial charge in [0.25, 0.3) is 5.91 Å². The van der Waals surface area contributed by atoms with Crippen molar-refractivity contribution in [3.8, 4) is 0 Å². The Morgan fingerprint density at radius 2 is 1.67 bits per heavy atom. The van der Waals surface area contributed by atoms with Gasteiger partial charge in [0.15, 0.2) is 0 Å². The molecule has 2 N–H and O–H groups in total. The highest BCUT2D eigenvalue weighted by Gasteiger charge is 2.20. The van der Waals surface area contributed by atoms with Crippen LogP contribution < -0.4 is 10.7 Å². The molecule has 0 saturated carbocycles. The Morgan fingerprint density at radius 3 is 2.29 bits per heavy atom. The zero-order chi connectivity index (χ0) is 17.5. The van der Waals surface area contributed by atoms with E-state index in [9.17, 15) is 9.59 Å². The summed E-state index contributed by atoms with van der Waals surface area (Å²) in [5.41, 5.74) is 3.92. The molecule has 0 fully saturated rings. The molecule has 5 nitrogen and oxygen atoms in total. The van der Waals surface area contributed by atoms with Gasteiger partial charge >= 0.3 is 0 Å². The van der Waals surface area contributed by atoms with Crippen molar-refractivity contribution in [1.82, 2.24) is 15.8 Å². The molecule has 2 amide bonds. The van der Waals surface area contributed by atoms with Crippen LogP contribution in [0.15, 0.2) is 54.6 Å². The van der Waals surface area contributed by atoms with E-state index in [0.717, 1.165) is 5.56 Å². The Balaban J connectivity index is 2.18. The highest BCUT2D eigenvalue weighted by Crippen LogP contribution is 2.20. The van der Waals surface area contributed by atoms with E-state index in [0.29, 0.717) is 10.6 Å². The fourth-order valence-electron chi connectivity index (χ4n) is 2.30. The summed E-state index contributed by atoms with van der Waals surface area (Å²) in [4.78, 5) is 24.6. The Morgan fingerprint density at radius 1 is 1.04 bits per heavy atom. The number of halogens is 1.